The van der Waals surface area contributed by atoms with Crippen molar-refractivity contribution in [3.05, 3.63) is 0 Å². The van der Waals surface area contributed by atoms with Crippen LogP contribution < -0.4 is 5.32 Å². The Balaban J connectivity index is 1.68. The summed E-state index contributed by atoms with van der Waals surface area (Å²) in [6, 6.07) is 1.99. The van der Waals surface area contributed by atoms with Crippen LogP contribution in [0, 0.1) is 0 Å². The van der Waals surface area contributed by atoms with Gasteiger partial charge in [-0.15, -0.1) is 0 Å². The summed E-state index contributed by atoms with van der Waals surface area (Å²) in [6.07, 6.45) is 8.68. The maximum Gasteiger partial charge on any atom is 0.0741 e. The molecule has 1 spiro atoms. The molecule has 0 radical (unpaired) electrons. The fourth-order valence-electron chi connectivity index (χ4n) is 4.54. The van der Waals surface area contributed by atoms with Crippen molar-refractivity contribution in [2.45, 2.75) is 75.6 Å². The molecule has 0 aromatic rings. The molecule has 1 N–H and O–H groups in total. The van der Waals surface area contributed by atoms with Crippen molar-refractivity contribution in [1.82, 2.24) is 10.2 Å². The average molecular weight is 296 g/mol. The van der Waals surface area contributed by atoms with Gasteiger partial charge in [-0.2, -0.15) is 0 Å². The van der Waals surface area contributed by atoms with Gasteiger partial charge in [-0.1, -0.05) is 6.42 Å². The van der Waals surface area contributed by atoms with E-state index in [2.05, 4.69) is 24.2 Å². The van der Waals surface area contributed by atoms with E-state index in [9.17, 15) is 0 Å². The first-order valence-corrected chi connectivity index (χ1v) is 8.89. The molecule has 3 fully saturated rings. The first kappa shape index (κ1) is 15.7. The van der Waals surface area contributed by atoms with Crippen molar-refractivity contribution in [1.29, 1.82) is 0 Å². The van der Waals surface area contributed by atoms with Crippen molar-refractivity contribution in [2.75, 3.05) is 33.4 Å². The normalized spacial score (nSPS) is 35.7. The van der Waals surface area contributed by atoms with Crippen molar-refractivity contribution >= 4 is 0 Å². The van der Waals surface area contributed by atoms with Gasteiger partial charge in [0.15, 0.2) is 0 Å². The predicted octanol–water partition coefficient (Wildman–Crippen LogP) is 2.18. The number of piperidine rings is 1. The summed E-state index contributed by atoms with van der Waals surface area (Å²) in [5.74, 6) is 0. The average Bonchev–Trinajstić information content (AvgIpc) is 2.55. The number of likely N-dealkylation sites (N-methyl/N-ethyl adjacent to an activating group) is 1. The van der Waals surface area contributed by atoms with E-state index in [-0.39, 0.29) is 5.60 Å². The van der Waals surface area contributed by atoms with Crippen LogP contribution in [-0.2, 0) is 9.47 Å². The van der Waals surface area contributed by atoms with E-state index in [0.717, 1.165) is 32.7 Å². The molecular weight excluding hydrogens is 264 g/mol. The van der Waals surface area contributed by atoms with Crippen LogP contribution in [0.1, 0.15) is 51.9 Å². The molecule has 0 aromatic carbocycles. The second kappa shape index (κ2) is 6.95. The highest BCUT2D eigenvalue weighted by Crippen LogP contribution is 2.38. The fraction of sp³-hybridized carbons (Fsp3) is 1.00. The summed E-state index contributed by atoms with van der Waals surface area (Å²) in [4.78, 5) is 2.81. The van der Waals surface area contributed by atoms with Crippen LogP contribution in [-0.4, -0.2) is 62.0 Å². The smallest absolute Gasteiger partial charge is 0.0741 e. The molecule has 3 heterocycles. The van der Waals surface area contributed by atoms with Gasteiger partial charge in [0, 0.05) is 37.9 Å². The zero-order valence-corrected chi connectivity index (χ0v) is 13.8. The lowest BCUT2D eigenvalue weighted by molar-refractivity contribution is -0.156. The Bertz CT molecular complexity index is 325. The van der Waals surface area contributed by atoms with Crippen molar-refractivity contribution in [3.63, 3.8) is 0 Å². The standard InChI is InChI=1S/C17H32N2O2/c1-14(18-2)16-5-3-4-9-19(16)15-6-10-21-17(13-15)7-11-20-12-8-17/h14-16,18H,3-13H2,1-2H3. The minimum atomic E-state index is 0.117. The third-order valence-corrected chi connectivity index (χ3v) is 5.96. The molecule has 3 aliphatic rings. The lowest BCUT2D eigenvalue weighted by Crippen LogP contribution is -2.58. The van der Waals surface area contributed by atoms with Gasteiger partial charge in [-0.3, -0.25) is 4.90 Å². The molecule has 3 rings (SSSR count). The van der Waals surface area contributed by atoms with Crippen LogP contribution in [0.5, 0.6) is 0 Å². The summed E-state index contributed by atoms with van der Waals surface area (Å²) >= 11 is 0. The van der Waals surface area contributed by atoms with Gasteiger partial charge in [0.05, 0.1) is 5.60 Å². The van der Waals surface area contributed by atoms with Crippen LogP contribution in [0.15, 0.2) is 0 Å². The highest BCUT2D eigenvalue weighted by atomic mass is 16.5. The summed E-state index contributed by atoms with van der Waals surface area (Å²) in [5, 5.41) is 3.48. The summed E-state index contributed by atoms with van der Waals surface area (Å²) in [5.41, 5.74) is 0.117. The molecule has 21 heavy (non-hydrogen) atoms. The Morgan fingerprint density at radius 2 is 1.95 bits per heavy atom. The second-order valence-corrected chi connectivity index (χ2v) is 7.17. The quantitative estimate of drug-likeness (QED) is 0.865. The minimum Gasteiger partial charge on any atom is -0.381 e. The molecule has 0 aromatic heterocycles. The summed E-state index contributed by atoms with van der Waals surface area (Å²) in [6.45, 7) is 6.30. The molecule has 3 saturated heterocycles. The van der Waals surface area contributed by atoms with E-state index < -0.39 is 0 Å². The Labute approximate surface area is 129 Å². The highest BCUT2D eigenvalue weighted by Gasteiger charge is 2.42. The van der Waals surface area contributed by atoms with E-state index in [1.165, 1.54) is 38.6 Å². The van der Waals surface area contributed by atoms with E-state index in [1.807, 2.05) is 0 Å². The second-order valence-electron chi connectivity index (χ2n) is 7.17. The van der Waals surface area contributed by atoms with Crippen molar-refractivity contribution in [2.24, 2.45) is 0 Å². The first-order valence-electron chi connectivity index (χ1n) is 8.89. The summed E-state index contributed by atoms with van der Waals surface area (Å²) < 4.78 is 11.8. The van der Waals surface area contributed by atoms with E-state index >= 15 is 0 Å². The van der Waals surface area contributed by atoms with Gasteiger partial charge >= 0.3 is 0 Å². The Hall–Kier alpha value is -0.160. The van der Waals surface area contributed by atoms with Gasteiger partial charge in [-0.05, 0) is 59.0 Å². The first-order chi connectivity index (χ1) is 10.2. The molecule has 3 atom stereocenters. The zero-order valence-electron chi connectivity index (χ0n) is 13.8. The molecule has 4 heteroatoms. The molecule has 0 aliphatic carbocycles. The monoisotopic (exact) mass is 296 g/mol. The topological polar surface area (TPSA) is 33.7 Å². The fourth-order valence-corrected chi connectivity index (χ4v) is 4.54. The van der Waals surface area contributed by atoms with Gasteiger partial charge in [0.2, 0.25) is 0 Å². The van der Waals surface area contributed by atoms with E-state index in [0.29, 0.717) is 18.1 Å². The maximum absolute atomic E-state index is 6.23. The van der Waals surface area contributed by atoms with E-state index in [1.54, 1.807) is 0 Å². The predicted molar refractivity (Wildman–Crippen MR) is 84.6 cm³/mol. The molecule has 3 aliphatic heterocycles. The number of rotatable bonds is 3. The lowest BCUT2D eigenvalue weighted by Gasteiger charge is -2.50. The Kier molecular flexibility index (Phi) is 5.20. The molecule has 0 saturated carbocycles. The van der Waals surface area contributed by atoms with Crippen LogP contribution in [0.25, 0.3) is 0 Å². The Morgan fingerprint density at radius 1 is 1.14 bits per heavy atom. The van der Waals surface area contributed by atoms with Gasteiger partial charge < -0.3 is 14.8 Å². The SMILES string of the molecule is CNC(C)C1CCCCN1C1CCOC2(CCOCC2)C1. The number of hydrogen-bond donors (Lipinski definition) is 1. The molecule has 3 unspecified atom stereocenters. The Morgan fingerprint density at radius 3 is 2.71 bits per heavy atom. The largest absolute Gasteiger partial charge is 0.381 e. The molecule has 0 bridgehead atoms. The molecule has 4 nitrogen and oxygen atoms in total. The van der Waals surface area contributed by atoms with Crippen LogP contribution in [0.4, 0.5) is 0 Å². The number of ether oxygens (including phenoxy) is 2. The van der Waals surface area contributed by atoms with E-state index in [4.69, 9.17) is 9.47 Å². The number of nitrogens with zero attached hydrogens (tertiary/aromatic N) is 1. The minimum absolute atomic E-state index is 0.117. The third-order valence-electron chi connectivity index (χ3n) is 5.96. The summed E-state index contributed by atoms with van der Waals surface area (Å²) in [7, 11) is 2.10. The third kappa shape index (κ3) is 3.44. The lowest BCUT2D eigenvalue weighted by atomic mass is 9.82. The number of nitrogens with one attached hydrogen (secondary N) is 1. The zero-order chi connectivity index (χ0) is 14.7. The van der Waals surface area contributed by atoms with Crippen LogP contribution >= 0.6 is 0 Å². The van der Waals surface area contributed by atoms with Crippen molar-refractivity contribution < 1.29 is 9.47 Å². The molecule has 122 valence electrons. The highest BCUT2D eigenvalue weighted by molar-refractivity contribution is 4.96. The molecular formula is C17H32N2O2. The van der Waals surface area contributed by atoms with Gasteiger partial charge in [0.25, 0.3) is 0 Å². The molecule has 0 amide bonds. The maximum atomic E-state index is 6.23. The van der Waals surface area contributed by atoms with Crippen molar-refractivity contribution in [3.8, 4) is 0 Å². The van der Waals surface area contributed by atoms with Gasteiger partial charge in [-0.25, -0.2) is 0 Å². The van der Waals surface area contributed by atoms with Crippen LogP contribution in [0.2, 0.25) is 0 Å². The van der Waals surface area contributed by atoms with Gasteiger partial charge in [0.1, 0.15) is 0 Å². The number of hydrogen-bond acceptors (Lipinski definition) is 4. The van der Waals surface area contributed by atoms with Crippen LogP contribution in [0.3, 0.4) is 0 Å². The number of likely N-dealkylation sites (tertiary alicyclic amines) is 1.